The van der Waals surface area contributed by atoms with E-state index in [-0.39, 0.29) is 5.91 Å². The second kappa shape index (κ2) is 4.43. The molecule has 0 aliphatic carbocycles. The second-order valence-corrected chi connectivity index (χ2v) is 3.72. The summed E-state index contributed by atoms with van der Waals surface area (Å²) in [6, 6.07) is 5.78. The highest BCUT2D eigenvalue weighted by Gasteiger charge is 2.14. The van der Waals surface area contributed by atoms with Crippen molar-refractivity contribution in [2.45, 2.75) is 13.8 Å². The van der Waals surface area contributed by atoms with Gasteiger partial charge in [-0.25, -0.2) is 0 Å². The first-order valence-electron chi connectivity index (χ1n) is 5.51. The van der Waals surface area contributed by atoms with Crippen molar-refractivity contribution in [3.8, 4) is 5.75 Å². The van der Waals surface area contributed by atoms with E-state index in [0.717, 1.165) is 23.7 Å². The van der Waals surface area contributed by atoms with E-state index >= 15 is 0 Å². The van der Waals surface area contributed by atoms with Gasteiger partial charge in [0.15, 0.2) is 0 Å². The van der Waals surface area contributed by atoms with Gasteiger partial charge in [0.2, 0.25) is 5.91 Å². The minimum Gasteiger partial charge on any atom is -0.490 e. The number of rotatable bonds is 2. The van der Waals surface area contributed by atoms with Crippen LogP contribution in [0.2, 0.25) is 0 Å². The van der Waals surface area contributed by atoms with E-state index in [1.807, 2.05) is 25.1 Å². The number of fused-ring (bicyclic) bond motifs is 1. The van der Waals surface area contributed by atoms with E-state index in [2.05, 4.69) is 5.32 Å². The van der Waals surface area contributed by atoms with Crippen molar-refractivity contribution in [2.24, 2.45) is 0 Å². The molecule has 4 nitrogen and oxygen atoms in total. The molecule has 1 aromatic rings. The molecular formula is C12H16N2O2. The van der Waals surface area contributed by atoms with E-state index in [4.69, 9.17) is 4.74 Å². The Morgan fingerprint density at radius 1 is 1.56 bits per heavy atom. The van der Waals surface area contributed by atoms with Gasteiger partial charge in [0.1, 0.15) is 12.4 Å². The van der Waals surface area contributed by atoms with Gasteiger partial charge in [0.05, 0.1) is 5.69 Å². The maximum Gasteiger partial charge on any atom is 0.223 e. The minimum atomic E-state index is 0.0548. The smallest absolute Gasteiger partial charge is 0.223 e. The fourth-order valence-electron chi connectivity index (χ4n) is 1.88. The Morgan fingerprint density at radius 2 is 2.38 bits per heavy atom. The highest BCUT2D eigenvalue weighted by molar-refractivity contribution is 5.92. The Labute approximate surface area is 95.2 Å². The average Bonchev–Trinajstić information content (AvgIpc) is 2.29. The van der Waals surface area contributed by atoms with E-state index < -0.39 is 0 Å². The molecule has 0 saturated heterocycles. The van der Waals surface area contributed by atoms with Gasteiger partial charge < -0.3 is 15.0 Å². The fourth-order valence-corrected chi connectivity index (χ4v) is 1.88. The maximum absolute atomic E-state index is 11.4. The van der Waals surface area contributed by atoms with Gasteiger partial charge in [0, 0.05) is 25.7 Å². The van der Waals surface area contributed by atoms with Crippen LogP contribution in [0.5, 0.6) is 5.75 Å². The van der Waals surface area contributed by atoms with Crippen molar-refractivity contribution >= 4 is 17.3 Å². The van der Waals surface area contributed by atoms with Crippen molar-refractivity contribution in [3.05, 3.63) is 18.2 Å². The third-order valence-electron chi connectivity index (χ3n) is 2.65. The lowest BCUT2D eigenvalue weighted by atomic mass is 10.2. The zero-order chi connectivity index (χ0) is 11.5. The molecule has 1 heterocycles. The van der Waals surface area contributed by atoms with Crippen molar-refractivity contribution in [1.29, 1.82) is 0 Å². The molecule has 1 N–H and O–H groups in total. The molecule has 86 valence electrons. The Kier molecular flexibility index (Phi) is 2.99. The summed E-state index contributed by atoms with van der Waals surface area (Å²) in [6.45, 7) is 5.71. The van der Waals surface area contributed by atoms with E-state index in [1.54, 1.807) is 11.8 Å². The van der Waals surface area contributed by atoms with Crippen molar-refractivity contribution in [3.63, 3.8) is 0 Å². The van der Waals surface area contributed by atoms with Crippen molar-refractivity contribution < 1.29 is 9.53 Å². The van der Waals surface area contributed by atoms with Crippen LogP contribution >= 0.6 is 0 Å². The van der Waals surface area contributed by atoms with Crippen LogP contribution in [-0.4, -0.2) is 25.6 Å². The number of anilines is 2. The van der Waals surface area contributed by atoms with Gasteiger partial charge in [-0.15, -0.1) is 0 Å². The molecule has 0 fully saturated rings. The van der Waals surface area contributed by atoms with Crippen LogP contribution in [0.3, 0.4) is 0 Å². The zero-order valence-electron chi connectivity index (χ0n) is 9.62. The Bertz CT molecular complexity index is 404. The van der Waals surface area contributed by atoms with Gasteiger partial charge in [-0.2, -0.15) is 0 Å². The summed E-state index contributed by atoms with van der Waals surface area (Å²) in [7, 11) is 0. The average molecular weight is 220 g/mol. The SMILES string of the molecule is CCN(C(C)=O)c1ccc2c(c1)NCCO2. The lowest BCUT2D eigenvalue weighted by Crippen LogP contribution is -2.28. The summed E-state index contributed by atoms with van der Waals surface area (Å²) in [6.07, 6.45) is 0. The van der Waals surface area contributed by atoms with Crippen LogP contribution in [0.1, 0.15) is 13.8 Å². The molecule has 0 unspecified atom stereocenters. The molecule has 0 bridgehead atoms. The summed E-state index contributed by atoms with van der Waals surface area (Å²) in [5.74, 6) is 0.911. The van der Waals surface area contributed by atoms with Crippen LogP contribution in [0.25, 0.3) is 0 Å². The first-order valence-corrected chi connectivity index (χ1v) is 5.51. The van der Waals surface area contributed by atoms with Crippen LogP contribution in [0.15, 0.2) is 18.2 Å². The van der Waals surface area contributed by atoms with Crippen LogP contribution in [0.4, 0.5) is 11.4 Å². The predicted molar refractivity (Wildman–Crippen MR) is 64.1 cm³/mol. The Hall–Kier alpha value is -1.71. The molecule has 0 atom stereocenters. The minimum absolute atomic E-state index is 0.0548. The van der Waals surface area contributed by atoms with Crippen LogP contribution in [-0.2, 0) is 4.79 Å². The normalized spacial score (nSPS) is 13.4. The predicted octanol–water partition coefficient (Wildman–Crippen LogP) is 1.86. The maximum atomic E-state index is 11.4. The van der Waals surface area contributed by atoms with Crippen LogP contribution in [0, 0.1) is 0 Å². The topological polar surface area (TPSA) is 41.6 Å². The van der Waals surface area contributed by atoms with Gasteiger partial charge in [-0.05, 0) is 25.1 Å². The number of hydrogen-bond donors (Lipinski definition) is 1. The molecule has 1 aliphatic heterocycles. The highest BCUT2D eigenvalue weighted by atomic mass is 16.5. The number of hydrogen-bond acceptors (Lipinski definition) is 3. The van der Waals surface area contributed by atoms with Gasteiger partial charge in [-0.3, -0.25) is 4.79 Å². The number of amides is 1. The zero-order valence-corrected chi connectivity index (χ0v) is 9.62. The highest BCUT2D eigenvalue weighted by Crippen LogP contribution is 2.31. The third kappa shape index (κ3) is 1.96. The lowest BCUT2D eigenvalue weighted by Gasteiger charge is -2.23. The molecule has 16 heavy (non-hydrogen) atoms. The molecular weight excluding hydrogens is 204 g/mol. The Morgan fingerprint density at radius 3 is 3.06 bits per heavy atom. The summed E-state index contributed by atoms with van der Waals surface area (Å²) < 4.78 is 5.49. The first-order chi connectivity index (χ1) is 7.72. The van der Waals surface area contributed by atoms with Gasteiger partial charge >= 0.3 is 0 Å². The number of nitrogens with one attached hydrogen (secondary N) is 1. The lowest BCUT2D eigenvalue weighted by molar-refractivity contribution is -0.116. The van der Waals surface area contributed by atoms with E-state index in [0.29, 0.717) is 13.2 Å². The van der Waals surface area contributed by atoms with Gasteiger partial charge in [0.25, 0.3) is 0 Å². The standard InChI is InChI=1S/C12H16N2O2/c1-3-14(9(2)15)10-4-5-12-11(8-10)13-6-7-16-12/h4-5,8,13H,3,6-7H2,1-2H3. The largest absolute Gasteiger partial charge is 0.490 e. The molecule has 0 aromatic heterocycles. The van der Waals surface area contributed by atoms with Crippen LogP contribution < -0.4 is 15.0 Å². The molecule has 1 amide bonds. The summed E-state index contributed by atoms with van der Waals surface area (Å²) in [5, 5.41) is 3.26. The molecule has 1 aromatic carbocycles. The van der Waals surface area contributed by atoms with Crippen molar-refractivity contribution in [1.82, 2.24) is 0 Å². The monoisotopic (exact) mass is 220 g/mol. The number of ether oxygens (including phenoxy) is 1. The summed E-state index contributed by atoms with van der Waals surface area (Å²) in [5.41, 5.74) is 1.87. The second-order valence-electron chi connectivity index (χ2n) is 3.72. The molecule has 4 heteroatoms. The van der Waals surface area contributed by atoms with Crippen molar-refractivity contribution in [2.75, 3.05) is 29.9 Å². The number of carbonyl (C=O) groups is 1. The molecule has 0 saturated carbocycles. The first kappa shape index (κ1) is 10.8. The summed E-state index contributed by atoms with van der Waals surface area (Å²) in [4.78, 5) is 13.2. The summed E-state index contributed by atoms with van der Waals surface area (Å²) >= 11 is 0. The number of nitrogens with zero attached hydrogens (tertiary/aromatic N) is 1. The molecule has 2 rings (SSSR count). The number of carbonyl (C=O) groups excluding carboxylic acids is 1. The Balaban J connectivity index is 2.32. The molecule has 1 aliphatic rings. The van der Waals surface area contributed by atoms with E-state index in [9.17, 15) is 4.79 Å². The fraction of sp³-hybridized carbons (Fsp3) is 0.417. The third-order valence-corrected chi connectivity index (χ3v) is 2.65. The molecule has 0 spiro atoms. The number of benzene rings is 1. The van der Waals surface area contributed by atoms with E-state index in [1.165, 1.54) is 0 Å². The van der Waals surface area contributed by atoms with Gasteiger partial charge in [-0.1, -0.05) is 0 Å². The molecule has 0 radical (unpaired) electrons. The quantitative estimate of drug-likeness (QED) is 0.827.